The predicted molar refractivity (Wildman–Crippen MR) is 65.7 cm³/mol. The highest BCUT2D eigenvalue weighted by Gasteiger charge is 2.16. The molecule has 7 heteroatoms. The third-order valence-corrected chi connectivity index (χ3v) is 2.74. The second kappa shape index (κ2) is 5.50. The molecule has 0 aliphatic heterocycles. The van der Waals surface area contributed by atoms with E-state index in [0.717, 1.165) is 0 Å². The van der Waals surface area contributed by atoms with Crippen LogP contribution in [0.3, 0.4) is 0 Å². The van der Waals surface area contributed by atoms with Crippen LogP contribution in [0, 0.1) is 23.3 Å². The Morgan fingerprint density at radius 3 is 2.20 bits per heavy atom. The summed E-state index contributed by atoms with van der Waals surface area (Å²) in [6.07, 6.45) is 0. The number of anilines is 1. The van der Waals surface area contributed by atoms with Gasteiger partial charge in [-0.1, -0.05) is 17.7 Å². The van der Waals surface area contributed by atoms with Crippen LogP contribution < -0.4 is 5.32 Å². The summed E-state index contributed by atoms with van der Waals surface area (Å²) in [5.74, 6) is -6.59. The van der Waals surface area contributed by atoms with Gasteiger partial charge in [0.2, 0.25) is 0 Å². The van der Waals surface area contributed by atoms with Gasteiger partial charge in [-0.2, -0.15) is 0 Å². The maximum absolute atomic E-state index is 13.5. The average Bonchev–Trinajstić information content (AvgIpc) is 2.40. The summed E-state index contributed by atoms with van der Waals surface area (Å²) in [7, 11) is 0. The minimum atomic E-state index is -1.68. The first-order chi connectivity index (χ1) is 9.40. The quantitative estimate of drug-likeness (QED) is 0.655. The fraction of sp³-hybridized carbons (Fsp3) is 0. The lowest BCUT2D eigenvalue weighted by Gasteiger charge is -2.07. The zero-order valence-electron chi connectivity index (χ0n) is 9.68. The largest absolute Gasteiger partial charge is 0.319 e. The molecule has 20 heavy (non-hydrogen) atoms. The van der Waals surface area contributed by atoms with E-state index in [1.165, 1.54) is 18.2 Å². The first-order valence-corrected chi connectivity index (χ1v) is 5.68. The highest BCUT2D eigenvalue weighted by molar-refractivity contribution is 6.31. The first-order valence-electron chi connectivity index (χ1n) is 5.30. The molecule has 0 atom stereocenters. The van der Waals surface area contributed by atoms with E-state index in [2.05, 4.69) is 5.32 Å². The summed E-state index contributed by atoms with van der Waals surface area (Å²) in [6, 6.07) is 4.89. The summed E-state index contributed by atoms with van der Waals surface area (Å²) in [4.78, 5) is 11.7. The van der Waals surface area contributed by atoms with E-state index in [0.29, 0.717) is 12.1 Å². The standard InChI is InChI=1S/C13H6ClF4NO/c14-7-2-1-3-10(11(7)17)19-13(20)6-4-8(15)12(18)9(16)5-6/h1-5H,(H,19,20). The molecule has 0 aliphatic carbocycles. The Morgan fingerprint density at radius 2 is 1.60 bits per heavy atom. The zero-order chi connectivity index (χ0) is 14.9. The van der Waals surface area contributed by atoms with E-state index in [1.807, 2.05) is 0 Å². The van der Waals surface area contributed by atoms with Crippen molar-refractivity contribution in [2.24, 2.45) is 0 Å². The van der Waals surface area contributed by atoms with Gasteiger partial charge in [-0.3, -0.25) is 4.79 Å². The Kier molecular flexibility index (Phi) is 3.94. The van der Waals surface area contributed by atoms with Gasteiger partial charge >= 0.3 is 0 Å². The Morgan fingerprint density at radius 1 is 1.00 bits per heavy atom. The number of carbonyl (C=O) groups excluding carboxylic acids is 1. The summed E-state index contributed by atoms with van der Waals surface area (Å²) in [6.45, 7) is 0. The Balaban J connectivity index is 2.31. The van der Waals surface area contributed by atoms with Crippen molar-refractivity contribution in [1.29, 1.82) is 0 Å². The second-order valence-corrected chi connectivity index (χ2v) is 4.22. The minimum absolute atomic E-state index is 0.223. The molecular formula is C13H6ClF4NO. The van der Waals surface area contributed by atoms with E-state index in [9.17, 15) is 22.4 Å². The van der Waals surface area contributed by atoms with Gasteiger partial charge in [-0.05, 0) is 24.3 Å². The van der Waals surface area contributed by atoms with Crippen LogP contribution in [-0.2, 0) is 0 Å². The second-order valence-electron chi connectivity index (χ2n) is 3.81. The summed E-state index contributed by atoms with van der Waals surface area (Å²) in [5.41, 5.74) is -0.742. The molecule has 0 aromatic heterocycles. The number of halogens is 5. The minimum Gasteiger partial charge on any atom is -0.319 e. The molecule has 2 aromatic rings. The predicted octanol–water partition coefficient (Wildman–Crippen LogP) is 4.15. The van der Waals surface area contributed by atoms with Gasteiger partial charge in [0, 0.05) is 5.56 Å². The number of hydrogen-bond acceptors (Lipinski definition) is 1. The van der Waals surface area contributed by atoms with E-state index in [4.69, 9.17) is 11.6 Å². The highest BCUT2D eigenvalue weighted by atomic mass is 35.5. The van der Waals surface area contributed by atoms with Crippen molar-refractivity contribution < 1.29 is 22.4 Å². The number of amides is 1. The molecule has 0 saturated heterocycles. The lowest BCUT2D eigenvalue weighted by atomic mass is 10.2. The molecule has 0 aliphatic rings. The van der Waals surface area contributed by atoms with Crippen molar-refractivity contribution in [3.63, 3.8) is 0 Å². The topological polar surface area (TPSA) is 29.1 Å². The van der Waals surface area contributed by atoms with Crippen molar-refractivity contribution in [1.82, 2.24) is 0 Å². The molecule has 0 unspecified atom stereocenters. The van der Waals surface area contributed by atoms with Gasteiger partial charge in [-0.25, -0.2) is 17.6 Å². The molecule has 2 nitrogen and oxygen atoms in total. The Labute approximate surface area is 116 Å². The number of rotatable bonds is 2. The van der Waals surface area contributed by atoms with E-state index < -0.39 is 34.7 Å². The van der Waals surface area contributed by atoms with Crippen LogP contribution in [0.5, 0.6) is 0 Å². The highest BCUT2D eigenvalue weighted by Crippen LogP contribution is 2.23. The number of carbonyl (C=O) groups is 1. The van der Waals surface area contributed by atoms with Gasteiger partial charge < -0.3 is 5.32 Å². The molecule has 1 amide bonds. The van der Waals surface area contributed by atoms with Crippen LogP contribution in [0.25, 0.3) is 0 Å². The van der Waals surface area contributed by atoms with Crippen molar-refractivity contribution >= 4 is 23.2 Å². The molecule has 0 spiro atoms. The lowest BCUT2D eigenvalue weighted by molar-refractivity contribution is 0.102. The molecule has 2 rings (SSSR count). The smallest absolute Gasteiger partial charge is 0.255 e. The fourth-order valence-corrected chi connectivity index (χ4v) is 1.66. The van der Waals surface area contributed by atoms with Crippen molar-refractivity contribution in [2.45, 2.75) is 0 Å². The molecule has 1 N–H and O–H groups in total. The molecular weight excluding hydrogens is 298 g/mol. The van der Waals surface area contributed by atoms with Gasteiger partial charge in [-0.15, -0.1) is 0 Å². The molecule has 0 saturated carbocycles. The maximum Gasteiger partial charge on any atom is 0.255 e. The van der Waals surface area contributed by atoms with Crippen LogP contribution in [0.2, 0.25) is 5.02 Å². The van der Waals surface area contributed by atoms with Gasteiger partial charge in [0.05, 0.1) is 10.7 Å². The van der Waals surface area contributed by atoms with E-state index >= 15 is 0 Å². The molecule has 0 radical (unpaired) electrons. The molecule has 0 bridgehead atoms. The van der Waals surface area contributed by atoms with Gasteiger partial charge in [0.15, 0.2) is 23.3 Å². The van der Waals surface area contributed by atoms with Crippen LogP contribution in [-0.4, -0.2) is 5.91 Å². The fourth-order valence-electron chi connectivity index (χ4n) is 1.48. The SMILES string of the molecule is O=C(Nc1cccc(Cl)c1F)c1cc(F)c(F)c(F)c1. The average molecular weight is 304 g/mol. The van der Waals surface area contributed by atoms with Crippen LogP contribution in [0.15, 0.2) is 30.3 Å². The summed E-state index contributed by atoms with van der Waals surface area (Å²) < 4.78 is 52.3. The zero-order valence-corrected chi connectivity index (χ0v) is 10.4. The molecule has 0 heterocycles. The van der Waals surface area contributed by atoms with Crippen LogP contribution >= 0.6 is 11.6 Å². The third kappa shape index (κ3) is 2.75. The Hall–Kier alpha value is -2.08. The maximum atomic E-state index is 13.5. The van der Waals surface area contributed by atoms with Gasteiger partial charge in [0.25, 0.3) is 5.91 Å². The molecule has 0 fully saturated rings. The Bertz CT molecular complexity index is 667. The monoisotopic (exact) mass is 303 g/mol. The van der Waals surface area contributed by atoms with E-state index in [1.54, 1.807) is 0 Å². The number of nitrogens with one attached hydrogen (secondary N) is 1. The lowest BCUT2D eigenvalue weighted by Crippen LogP contribution is -2.14. The van der Waals surface area contributed by atoms with Crippen LogP contribution in [0.4, 0.5) is 23.2 Å². The number of hydrogen-bond donors (Lipinski definition) is 1. The van der Waals surface area contributed by atoms with Crippen molar-refractivity contribution in [3.8, 4) is 0 Å². The van der Waals surface area contributed by atoms with Crippen molar-refractivity contribution in [3.05, 3.63) is 64.2 Å². The molecule has 104 valence electrons. The number of benzene rings is 2. The normalized spacial score (nSPS) is 10.4. The molecule has 2 aromatic carbocycles. The first kappa shape index (κ1) is 14.3. The van der Waals surface area contributed by atoms with Crippen molar-refractivity contribution in [2.75, 3.05) is 5.32 Å². The summed E-state index contributed by atoms with van der Waals surface area (Å²) in [5, 5.41) is 1.86. The van der Waals surface area contributed by atoms with E-state index in [-0.39, 0.29) is 10.7 Å². The van der Waals surface area contributed by atoms with Crippen LogP contribution in [0.1, 0.15) is 10.4 Å². The summed E-state index contributed by atoms with van der Waals surface area (Å²) >= 11 is 5.52. The van der Waals surface area contributed by atoms with Gasteiger partial charge in [0.1, 0.15) is 0 Å². The third-order valence-electron chi connectivity index (χ3n) is 2.45.